The first-order valence-electron chi connectivity index (χ1n) is 9.67. The van der Waals surface area contributed by atoms with Gasteiger partial charge in [0.1, 0.15) is 5.75 Å². The number of oxazole rings is 1. The topological polar surface area (TPSA) is 91.0 Å². The van der Waals surface area contributed by atoms with E-state index in [0.29, 0.717) is 24.3 Å². The van der Waals surface area contributed by atoms with Gasteiger partial charge in [-0.3, -0.25) is 14.2 Å². The molecule has 2 aromatic carbocycles. The number of hydrogen-bond acceptors (Lipinski definition) is 6. The number of hydrogen-bond donors (Lipinski definition) is 0. The van der Waals surface area contributed by atoms with E-state index in [1.54, 1.807) is 31.3 Å². The van der Waals surface area contributed by atoms with Crippen LogP contribution in [0.25, 0.3) is 11.1 Å². The Hall–Kier alpha value is -3.55. The molecule has 30 heavy (non-hydrogen) atoms. The predicted octanol–water partition coefficient (Wildman–Crippen LogP) is 2.59. The van der Waals surface area contributed by atoms with Crippen LogP contribution in [0.3, 0.4) is 0 Å². The largest absolute Gasteiger partial charge is 0.494 e. The maximum absolute atomic E-state index is 12.2. The molecule has 0 saturated carbocycles. The van der Waals surface area contributed by atoms with Gasteiger partial charge in [-0.1, -0.05) is 24.3 Å². The third kappa shape index (κ3) is 5.28. The minimum absolute atomic E-state index is 0.0423. The number of likely N-dealkylation sites (N-methyl/N-ethyl adjacent to an activating group) is 1. The van der Waals surface area contributed by atoms with E-state index in [-0.39, 0.29) is 25.5 Å². The Morgan fingerprint density at radius 1 is 1.10 bits per heavy atom. The van der Waals surface area contributed by atoms with Crippen LogP contribution in [0.5, 0.6) is 5.75 Å². The van der Waals surface area contributed by atoms with Crippen molar-refractivity contribution in [1.29, 1.82) is 0 Å². The number of para-hydroxylation sites is 2. The molecule has 0 atom stereocenters. The minimum Gasteiger partial charge on any atom is -0.494 e. The van der Waals surface area contributed by atoms with Crippen molar-refractivity contribution >= 4 is 23.0 Å². The van der Waals surface area contributed by atoms with Crippen LogP contribution in [0.2, 0.25) is 0 Å². The van der Waals surface area contributed by atoms with E-state index in [0.717, 1.165) is 11.3 Å². The summed E-state index contributed by atoms with van der Waals surface area (Å²) in [4.78, 5) is 37.7. The van der Waals surface area contributed by atoms with Gasteiger partial charge in [-0.05, 0) is 36.8 Å². The number of carbonyl (C=O) groups excluding carboxylic acids is 2. The van der Waals surface area contributed by atoms with Gasteiger partial charge in [0.05, 0.1) is 18.5 Å². The van der Waals surface area contributed by atoms with Crippen LogP contribution in [-0.4, -0.2) is 41.6 Å². The van der Waals surface area contributed by atoms with E-state index < -0.39 is 11.7 Å². The van der Waals surface area contributed by atoms with Gasteiger partial charge < -0.3 is 18.8 Å². The average Bonchev–Trinajstić information content (AvgIpc) is 3.07. The average molecular weight is 412 g/mol. The third-order valence-electron chi connectivity index (χ3n) is 4.55. The van der Waals surface area contributed by atoms with Crippen LogP contribution in [0, 0.1) is 0 Å². The summed E-state index contributed by atoms with van der Waals surface area (Å²) in [6, 6.07) is 14.4. The molecular weight excluding hydrogens is 388 g/mol. The highest BCUT2D eigenvalue weighted by atomic mass is 16.5. The molecule has 8 heteroatoms. The fourth-order valence-electron chi connectivity index (χ4n) is 2.97. The van der Waals surface area contributed by atoms with Crippen molar-refractivity contribution in [3.05, 3.63) is 64.6 Å². The van der Waals surface area contributed by atoms with Gasteiger partial charge in [0.2, 0.25) is 0 Å². The lowest BCUT2D eigenvalue weighted by molar-refractivity contribution is -0.151. The molecule has 0 bridgehead atoms. The lowest BCUT2D eigenvalue weighted by Crippen LogP contribution is -2.31. The van der Waals surface area contributed by atoms with E-state index in [1.165, 1.54) is 9.47 Å². The van der Waals surface area contributed by atoms with E-state index in [2.05, 4.69) is 0 Å². The number of amides is 1. The van der Waals surface area contributed by atoms with Crippen molar-refractivity contribution in [3.8, 4) is 5.75 Å². The van der Waals surface area contributed by atoms with E-state index in [9.17, 15) is 14.4 Å². The highest BCUT2D eigenvalue weighted by Gasteiger charge is 2.14. The summed E-state index contributed by atoms with van der Waals surface area (Å²) in [6.45, 7) is 2.66. The van der Waals surface area contributed by atoms with Crippen LogP contribution in [0.15, 0.2) is 57.7 Å². The zero-order valence-corrected chi connectivity index (χ0v) is 17.0. The highest BCUT2D eigenvalue weighted by Crippen LogP contribution is 2.14. The second-order valence-electron chi connectivity index (χ2n) is 6.72. The van der Waals surface area contributed by atoms with E-state index >= 15 is 0 Å². The Morgan fingerprint density at radius 2 is 1.83 bits per heavy atom. The third-order valence-corrected chi connectivity index (χ3v) is 4.55. The second-order valence-corrected chi connectivity index (χ2v) is 6.72. The smallest absolute Gasteiger partial charge is 0.419 e. The molecule has 0 aliphatic carbocycles. The second kappa shape index (κ2) is 9.78. The lowest BCUT2D eigenvalue weighted by atomic mass is 10.2. The van der Waals surface area contributed by atoms with Crippen molar-refractivity contribution in [2.24, 2.45) is 0 Å². The molecule has 0 spiro atoms. The number of fused-ring (bicyclic) bond motifs is 1. The lowest BCUT2D eigenvalue weighted by Gasteiger charge is -2.17. The Morgan fingerprint density at radius 3 is 2.57 bits per heavy atom. The highest BCUT2D eigenvalue weighted by molar-refractivity contribution is 5.80. The molecule has 158 valence electrons. The van der Waals surface area contributed by atoms with Crippen molar-refractivity contribution < 1.29 is 23.5 Å². The van der Waals surface area contributed by atoms with Gasteiger partial charge in [0, 0.05) is 20.1 Å². The maximum atomic E-state index is 12.2. The van der Waals surface area contributed by atoms with Crippen LogP contribution in [0.4, 0.5) is 0 Å². The van der Waals surface area contributed by atoms with Crippen LogP contribution in [-0.2, 0) is 27.4 Å². The van der Waals surface area contributed by atoms with Crippen molar-refractivity contribution in [2.75, 3.05) is 20.3 Å². The monoisotopic (exact) mass is 412 g/mol. The predicted molar refractivity (Wildman–Crippen MR) is 110 cm³/mol. The summed E-state index contributed by atoms with van der Waals surface area (Å²) >= 11 is 0. The summed E-state index contributed by atoms with van der Waals surface area (Å²) < 4.78 is 17.0. The Kier molecular flexibility index (Phi) is 6.90. The first-order valence-corrected chi connectivity index (χ1v) is 9.67. The van der Waals surface area contributed by atoms with Crippen molar-refractivity contribution in [2.45, 2.75) is 26.4 Å². The number of ether oxygens (including phenoxy) is 2. The molecule has 0 unspecified atom stereocenters. The molecule has 3 rings (SSSR count). The fraction of sp³-hybridized carbons (Fsp3) is 0.318. The molecule has 1 heterocycles. The minimum atomic E-state index is -0.560. The number of aromatic nitrogens is 1. The van der Waals surface area contributed by atoms with Crippen LogP contribution >= 0.6 is 0 Å². The molecule has 1 aromatic heterocycles. The van der Waals surface area contributed by atoms with Crippen molar-refractivity contribution in [1.82, 2.24) is 9.47 Å². The number of esters is 1. The number of carbonyl (C=O) groups is 2. The molecule has 1 amide bonds. The molecule has 0 saturated heterocycles. The Labute approximate surface area is 173 Å². The van der Waals surface area contributed by atoms with E-state index in [4.69, 9.17) is 13.9 Å². The Balaban J connectivity index is 1.46. The van der Waals surface area contributed by atoms with Gasteiger partial charge in [0.15, 0.2) is 12.2 Å². The first kappa shape index (κ1) is 21.2. The first-order chi connectivity index (χ1) is 14.5. The molecule has 0 radical (unpaired) electrons. The summed E-state index contributed by atoms with van der Waals surface area (Å²) in [6.07, 6.45) is -0.0423. The Bertz CT molecular complexity index is 1070. The fourth-order valence-corrected chi connectivity index (χ4v) is 2.97. The number of benzene rings is 2. The molecule has 0 fully saturated rings. The number of aryl methyl sites for hydroxylation is 1. The summed E-state index contributed by atoms with van der Waals surface area (Å²) in [5.74, 6) is -0.637. The summed E-state index contributed by atoms with van der Waals surface area (Å²) in [5, 5.41) is 0. The van der Waals surface area contributed by atoms with E-state index in [1.807, 2.05) is 31.2 Å². The van der Waals surface area contributed by atoms with Gasteiger partial charge in [0.25, 0.3) is 5.91 Å². The zero-order valence-electron chi connectivity index (χ0n) is 17.0. The summed E-state index contributed by atoms with van der Waals surface area (Å²) in [5.41, 5.74) is 2.01. The van der Waals surface area contributed by atoms with Crippen LogP contribution in [0.1, 0.15) is 18.9 Å². The zero-order chi connectivity index (χ0) is 21.5. The summed E-state index contributed by atoms with van der Waals surface area (Å²) in [7, 11) is 1.64. The SMILES string of the molecule is CCOc1ccc(CN(C)C(=O)COC(=O)CCn2c(=O)oc3ccccc32)cc1. The van der Waals surface area contributed by atoms with Gasteiger partial charge >= 0.3 is 11.7 Å². The number of rotatable bonds is 9. The molecule has 0 aliphatic heterocycles. The standard InChI is InChI=1S/C22H24N2O6/c1-3-28-17-10-8-16(9-11-17)14-23(2)20(25)15-29-21(26)12-13-24-18-6-4-5-7-19(18)30-22(24)27/h4-11H,3,12-15H2,1-2H3. The van der Waals surface area contributed by atoms with Gasteiger partial charge in [-0.15, -0.1) is 0 Å². The molecule has 8 nitrogen and oxygen atoms in total. The quantitative estimate of drug-likeness (QED) is 0.502. The van der Waals surface area contributed by atoms with Crippen LogP contribution < -0.4 is 10.5 Å². The normalized spacial score (nSPS) is 10.7. The van der Waals surface area contributed by atoms with Gasteiger partial charge in [-0.25, -0.2) is 4.79 Å². The van der Waals surface area contributed by atoms with Crippen molar-refractivity contribution in [3.63, 3.8) is 0 Å². The molecule has 0 aliphatic rings. The molecular formula is C22H24N2O6. The maximum Gasteiger partial charge on any atom is 0.419 e. The number of nitrogens with zero attached hydrogens (tertiary/aromatic N) is 2. The van der Waals surface area contributed by atoms with Gasteiger partial charge in [-0.2, -0.15) is 0 Å². The molecule has 0 N–H and O–H groups in total. The molecule has 3 aromatic rings.